The number of likely N-dealkylation sites (N-methyl/N-ethyl adjacent to an activating group) is 1. The van der Waals surface area contributed by atoms with E-state index >= 15 is 0 Å². The molecular weight excluding hydrogens is 346 g/mol. The second-order valence-electron chi connectivity index (χ2n) is 5.32. The van der Waals surface area contributed by atoms with E-state index < -0.39 is 17.6 Å². The highest BCUT2D eigenvalue weighted by Crippen LogP contribution is 2.29. The predicted octanol–water partition coefficient (Wildman–Crippen LogP) is 4.70. The fourth-order valence-corrected chi connectivity index (χ4v) is 2.38. The van der Waals surface area contributed by atoms with Crippen LogP contribution in [0.15, 0.2) is 42.5 Å². The molecule has 0 aromatic heterocycles. The smallest absolute Gasteiger partial charge is 0.341 e. The molecule has 0 radical (unpaired) electrons. The summed E-state index contributed by atoms with van der Waals surface area (Å²) < 4.78 is 51.2. The van der Waals surface area contributed by atoms with Crippen LogP contribution in [-0.4, -0.2) is 17.9 Å². The van der Waals surface area contributed by atoms with Gasteiger partial charge in [0, 0.05) is 24.2 Å². The van der Waals surface area contributed by atoms with Crippen molar-refractivity contribution in [2.45, 2.75) is 19.1 Å². The summed E-state index contributed by atoms with van der Waals surface area (Å²) in [5.74, 6) is -0.958. The average Bonchev–Trinajstić information content (AvgIpc) is 2.50. The number of amides is 1. The number of hydrogen-bond acceptors (Lipinski definition) is 1. The Kier molecular flexibility index (Phi) is 5.49. The Hall–Kier alpha value is -2.08. The standard InChI is InChI=1S/C17H14ClF4NO/c1-23(10-11-5-7-12(8-6-11)17(20,21)22)16(24)9-13-14(18)3-2-4-15(13)19/h2-8H,9-10H2,1H3. The van der Waals surface area contributed by atoms with E-state index in [4.69, 9.17) is 11.6 Å². The maximum absolute atomic E-state index is 13.7. The van der Waals surface area contributed by atoms with Gasteiger partial charge in [-0.25, -0.2) is 4.39 Å². The van der Waals surface area contributed by atoms with Gasteiger partial charge in [-0.15, -0.1) is 0 Å². The molecule has 0 atom stereocenters. The molecule has 0 bridgehead atoms. The zero-order valence-corrected chi connectivity index (χ0v) is 13.5. The van der Waals surface area contributed by atoms with E-state index in [-0.39, 0.29) is 29.5 Å². The van der Waals surface area contributed by atoms with Crippen LogP contribution in [0.3, 0.4) is 0 Å². The van der Waals surface area contributed by atoms with Gasteiger partial charge >= 0.3 is 6.18 Å². The zero-order chi connectivity index (χ0) is 17.9. The minimum absolute atomic E-state index is 0.100. The molecule has 0 saturated heterocycles. The van der Waals surface area contributed by atoms with Crippen LogP contribution < -0.4 is 0 Å². The number of carbonyl (C=O) groups is 1. The van der Waals surface area contributed by atoms with E-state index in [0.29, 0.717) is 5.56 Å². The molecule has 7 heteroatoms. The van der Waals surface area contributed by atoms with Gasteiger partial charge < -0.3 is 4.90 Å². The van der Waals surface area contributed by atoms with Crippen LogP contribution in [0.2, 0.25) is 5.02 Å². The van der Waals surface area contributed by atoms with E-state index in [2.05, 4.69) is 0 Å². The molecule has 2 aromatic carbocycles. The number of nitrogens with zero attached hydrogens (tertiary/aromatic N) is 1. The molecule has 128 valence electrons. The van der Waals surface area contributed by atoms with Crippen molar-refractivity contribution in [3.8, 4) is 0 Å². The number of carbonyl (C=O) groups excluding carboxylic acids is 1. The van der Waals surface area contributed by atoms with Gasteiger partial charge in [0.25, 0.3) is 0 Å². The first kappa shape index (κ1) is 18.3. The number of halogens is 5. The molecule has 0 N–H and O–H groups in total. The molecule has 0 aliphatic rings. The Morgan fingerprint density at radius 3 is 2.29 bits per heavy atom. The molecule has 0 heterocycles. The average molecular weight is 360 g/mol. The number of alkyl halides is 3. The molecule has 0 aliphatic heterocycles. The lowest BCUT2D eigenvalue weighted by Gasteiger charge is -2.18. The topological polar surface area (TPSA) is 20.3 Å². The molecule has 1 amide bonds. The quantitative estimate of drug-likeness (QED) is 0.725. The summed E-state index contributed by atoms with van der Waals surface area (Å²) in [6, 6.07) is 8.68. The maximum atomic E-state index is 13.7. The first-order valence-electron chi connectivity index (χ1n) is 7.01. The lowest BCUT2D eigenvalue weighted by molar-refractivity contribution is -0.137. The van der Waals surface area contributed by atoms with Crippen molar-refractivity contribution in [1.29, 1.82) is 0 Å². The van der Waals surface area contributed by atoms with Gasteiger partial charge in [-0.2, -0.15) is 13.2 Å². The van der Waals surface area contributed by atoms with Gasteiger partial charge in [0.05, 0.1) is 12.0 Å². The van der Waals surface area contributed by atoms with Crippen molar-refractivity contribution >= 4 is 17.5 Å². The largest absolute Gasteiger partial charge is 0.416 e. The fraction of sp³-hybridized carbons (Fsp3) is 0.235. The minimum Gasteiger partial charge on any atom is -0.341 e. The molecule has 2 nitrogen and oxygen atoms in total. The van der Waals surface area contributed by atoms with Crippen molar-refractivity contribution in [2.75, 3.05) is 7.05 Å². The Labute approximate surface area is 141 Å². The molecule has 0 saturated carbocycles. The Balaban J connectivity index is 2.04. The van der Waals surface area contributed by atoms with Gasteiger partial charge in [0.2, 0.25) is 5.91 Å². The summed E-state index contributed by atoms with van der Waals surface area (Å²) >= 11 is 5.88. The minimum atomic E-state index is -4.40. The van der Waals surface area contributed by atoms with Crippen LogP contribution in [-0.2, 0) is 23.9 Å². The Morgan fingerprint density at radius 1 is 1.12 bits per heavy atom. The second-order valence-corrected chi connectivity index (χ2v) is 5.73. The molecule has 24 heavy (non-hydrogen) atoms. The van der Waals surface area contributed by atoms with E-state index in [1.807, 2.05) is 0 Å². The van der Waals surface area contributed by atoms with Crippen molar-refractivity contribution in [3.63, 3.8) is 0 Å². The molecule has 2 rings (SSSR count). The molecule has 2 aromatic rings. The van der Waals surface area contributed by atoms with Crippen LogP contribution in [0.25, 0.3) is 0 Å². The highest BCUT2D eigenvalue weighted by atomic mass is 35.5. The van der Waals surface area contributed by atoms with Gasteiger partial charge in [0.1, 0.15) is 5.82 Å². The van der Waals surface area contributed by atoms with Gasteiger partial charge in [-0.3, -0.25) is 4.79 Å². The van der Waals surface area contributed by atoms with Crippen molar-refractivity contribution in [1.82, 2.24) is 4.90 Å². The van der Waals surface area contributed by atoms with Crippen LogP contribution in [0, 0.1) is 5.82 Å². The zero-order valence-electron chi connectivity index (χ0n) is 12.7. The van der Waals surface area contributed by atoms with Crippen molar-refractivity contribution < 1.29 is 22.4 Å². The monoisotopic (exact) mass is 359 g/mol. The van der Waals surface area contributed by atoms with Crippen molar-refractivity contribution in [3.05, 3.63) is 70.0 Å². The summed E-state index contributed by atoms with van der Waals surface area (Å²) in [7, 11) is 1.49. The molecule has 0 fully saturated rings. The summed E-state index contributed by atoms with van der Waals surface area (Å²) in [4.78, 5) is 13.5. The first-order chi connectivity index (χ1) is 11.2. The van der Waals surface area contributed by atoms with Crippen LogP contribution in [0.5, 0.6) is 0 Å². The second kappa shape index (κ2) is 7.21. The highest BCUT2D eigenvalue weighted by molar-refractivity contribution is 6.31. The van der Waals surface area contributed by atoms with E-state index in [1.54, 1.807) is 0 Å². The Morgan fingerprint density at radius 2 is 1.75 bits per heavy atom. The lowest BCUT2D eigenvalue weighted by atomic mass is 10.1. The third-order valence-corrected chi connectivity index (χ3v) is 3.87. The third-order valence-electron chi connectivity index (χ3n) is 3.52. The number of rotatable bonds is 4. The molecule has 0 unspecified atom stereocenters. The summed E-state index contributed by atoms with van der Waals surface area (Å²) in [6.07, 6.45) is -4.62. The predicted molar refractivity (Wildman–Crippen MR) is 83.0 cm³/mol. The van der Waals surface area contributed by atoms with Crippen LogP contribution >= 0.6 is 11.6 Å². The van der Waals surface area contributed by atoms with Gasteiger partial charge in [0.15, 0.2) is 0 Å². The highest BCUT2D eigenvalue weighted by Gasteiger charge is 2.30. The van der Waals surface area contributed by atoms with E-state index in [9.17, 15) is 22.4 Å². The number of hydrogen-bond donors (Lipinski definition) is 0. The van der Waals surface area contributed by atoms with Crippen molar-refractivity contribution in [2.24, 2.45) is 0 Å². The van der Waals surface area contributed by atoms with E-state index in [1.165, 1.54) is 42.3 Å². The third kappa shape index (κ3) is 4.47. The summed E-state index contributed by atoms with van der Waals surface area (Å²) in [5.41, 5.74) is -0.111. The SMILES string of the molecule is CN(Cc1ccc(C(F)(F)F)cc1)C(=O)Cc1c(F)cccc1Cl. The summed E-state index contributed by atoms with van der Waals surface area (Å²) in [6.45, 7) is 0.114. The molecule has 0 spiro atoms. The van der Waals surface area contributed by atoms with Crippen LogP contribution in [0.1, 0.15) is 16.7 Å². The molecular formula is C17H14ClF4NO. The maximum Gasteiger partial charge on any atom is 0.416 e. The molecule has 0 aliphatic carbocycles. The van der Waals surface area contributed by atoms with Gasteiger partial charge in [-0.05, 0) is 29.8 Å². The Bertz CT molecular complexity index is 708. The lowest BCUT2D eigenvalue weighted by Crippen LogP contribution is -2.28. The van der Waals surface area contributed by atoms with E-state index in [0.717, 1.165) is 12.1 Å². The first-order valence-corrected chi connectivity index (χ1v) is 7.39. The number of benzene rings is 2. The van der Waals surface area contributed by atoms with Crippen LogP contribution in [0.4, 0.5) is 17.6 Å². The summed E-state index contributed by atoms with van der Waals surface area (Å²) in [5, 5.41) is 0.159. The normalized spacial score (nSPS) is 11.4. The van der Waals surface area contributed by atoms with Gasteiger partial charge in [-0.1, -0.05) is 29.8 Å². The fourth-order valence-electron chi connectivity index (χ4n) is 2.15.